The number of hydrogen-bond donors (Lipinski definition) is 2. The number of esters is 1. The van der Waals surface area contributed by atoms with Gasteiger partial charge in [-0.05, 0) is 26.0 Å². The number of aliphatic hydroxyl groups is 1. The Bertz CT molecular complexity index is 442. The van der Waals surface area contributed by atoms with Gasteiger partial charge in [0.1, 0.15) is 12.8 Å². The largest absolute Gasteiger partial charge is 0.459 e. The molecule has 0 fully saturated rings. The Balaban J connectivity index is 2.53. The summed E-state index contributed by atoms with van der Waals surface area (Å²) in [5.74, 6) is -0.545. The van der Waals surface area contributed by atoms with E-state index in [4.69, 9.17) is 10.1 Å². The maximum atomic E-state index is 12.8. The van der Waals surface area contributed by atoms with E-state index in [1.165, 1.54) is 0 Å². The Morgan fingerprint density at radius 2 is 2.00 bits per heavy atom. The number of benzene rings is 1. The topological polar surface area (TPSA) is 70.4 Å². The molecule has 0 aliphatic heterocycles. The summed E-state index contributed by atoms with van der Waals surface area (Å²) in [4.78, 5) is 11.7. The zero-order chi connectivity index (χ0) is 14.4. The molecule has 0 spiro atoms. The van der Waals surface area contributed by atoms with Gasteiger partial charge in [-0.2, -0.15) is 0 Å². The van der Waals surface area contributed by atoms with Crippen LogP contribution in [0.5, 0.6) is 0 Å². The van der Waals surface area contributed by atoms with Crippen LogP contribution in [0.15, 0.2) is 18.2 Å². The number of ether oxygens (including phenoxy) is 1. The molecule has 19 heavy (non-hydrogen) atoms. The average molecular weight is 267 g/mol. The van der Waals surface area contributed by atoms with E-state index in [0.717, 1.165) is 11.1 Å². The van der Waals surface area contributed by atoms with Crippen LogP contribution in [0.25, 0.3) is 0 Å². The van der Waals surface area contributed by atoms with E-state index < -0.39 is 18.2 Å². The summed E-state index contributed by atoms with van der Waals surface area (Å²) in [6.45, 7) is 3.47. The Hall–Kier alpha value is -1.75. The van der Waals surface area contributed by atoms with E-state index in [1.54, 1.807) is 12.1 Å². The number of hydrogen-bond acceptors (Lipinski definition) is 4. The van der Waals surface area contributed by atoms with Gasteiger partial charge in [-0.3, -0.25) is 0 Å². The monoisotopic (exact) mass is 267 g/mol. The quantitative estimate of drug-likeness (QED) is 0.613. The lowest BCUT2D eigenvalue weighted by atomic mass is 10.1. The van der Waals surface area contributed by atoms with Crippen LogP contribution < -0.4 is 0 Å². The minimum Gasteiger partial charge on any atom is -0.459 e. The third-order valence-electron chi connectivity index (χ3n) is 2.54. The van der Waals surface area contributed by atoms with Crippen molar-refractivity contribution in [1.82, 2.24) is 0 Å². The van der Waals surface area contributed by atoms with Crippen LogP contribution in [-0.4, -0.2) is 36.2 Å². The number of halogens is 1. The van der Waals surface area contributed by atoms with Crippen molar-refractivity contribution in [3.63, 3.8) is 0 Å². The molecule has 0 radical (unpaired) electrons. The smallest absolute Gasteiger partial charge is 0.338 e. The number of alkyl halides is 1. The van der Waals surface area contributed by atoms with E-state index in [9.17, 15) is 14.3 Å². The van der Waals surface area contributed by atoms with E-state index in [-0.39, 0.29) is 13.0 Å². The van der Waals surface area contributed by atoms with Gasteiger partial charge < -0.3 is 15.3 Å². The highest BCUT2D eigenvalue weighted by atomic mass is 19.1. The van der Waals surface area contributed by atoms with Crippen LogP contribution in [0.2, 0.25) is 0 Å². The predicted octanol–water partition coefficient (Wildman–Crippen LogP) is 2.20. The fraction of sp³-hybridized carbons (Fsp3) is 0.429. The molecule has 2 N–H and O–H groups in total. The molecule has 0 aromatic heterocycles. The molecule has 1 aromatic rings. The van der Waals surface area contributed by atoms with Crippen molar-refractivity contribution in [1.29, 1.82) is 5.41 Å². The minimum absolute atomic E-state index is 0.246. The second kappa shape index (κ2) is 6.99. The number of aliphatic hydroxyl groups excluding tert-OH is 1. The highest BCUT2D eigenvalue weighted by molar-refractivity contribution is 5.89. The minimum atomic E-state index is -1.52. The molecule has 0 bridgehead atoms. The van der Waals surface area contributed by atoms with Gasteiger partial charge in [0, 0.05) is 12.6 Å². The molecule has 4 nitrogen and oxygen atoms in total. The molecule has 0 saturated heterocycles. The van der Waals surface area contributed by atoms with Gasteiger partial charge in [0.15, 0.2) is 0 Å². The lowest BCUT2D eigenvalue weighted by Gasteiger charge is -2.12. The fourth-order valence-corrected chi connectivity index (χ4v) is 1.74. The highest BCUT2D eigenvalue weighted by Crippen LogP contribution is 2.11. The van der Waals surface area contributed by atoms with Crippen molar-refractivity contribution in [2.75, 3.05) is 6.61 Å². The maximum Gasteiger partial charge on any atom is 0.338 e. The van der Waals surface area contributed by atoms with Crippen molar-refractivity contribution in [3.8, 4) is 0 Å². The Labute approximate surface area is 111 Å². The van der Waals surface area contributed by atoms with Crippen LogP contribution in [-0.2, 0) is 4.74 Å². The summed E-state index contributed by atoms with van der Waals surface area (Å²) in [6.07, 6.45) is -2.26. The number of carbonyl (C=O) groups excluding carboxylic acids is 1. The van der Waals surface area contributed by atoms with Gasteiger partial charge in [0.25, 0.3) is 0 Å². The number of nitrogens with one attached hydrogen (secondary N) is 1. The molecule has 0 saturated carbocycles. The van der Waals surface area contributed by atoms with Crippen LogP contribution in [0.3, 0.4) is 0 Å². The van der Waals surface area contributed by atoms with E-state index in [1.807, 2.05) is 19.9 Å². The Kier molecular flexibility index (Phi) is 5.63. The molecule has 0 unspecified atom stereocenters. The van der Waals surface area contributed by atoms with Crippen molar-refractivity contribution < 1.29 is 19.0 Å². The summed E-state index contributed by atoms with van der Waals surface area (Å²) in [6, 6.07) is 5.32. The second-order valence-corrected chi connectivity index (χ2v) is 4.55. The van der Waals surface area contributed by atoms with Crippen molar-refractivity contribution in [2.24, 2.45) is 0 Å². The van der Waals surface area contributed by atoms with Gasteiger partial charge in [0.2, 0.25) is 0 Å². The lowest BCUT2D eigenvalue weighted by Crippen LogP contribution is -2.23. The zero-order valence-corrected chi connectivity index (χ0v) is 11.0. The summed E-state index contributed by atoms with van der Waals surface area (Å²) < 4.78 is 17.7. The molecule has 1 rings (SSSR count). The summed E-state index contributed by atoms with van der Waals surface area (Å²) >= 11 is 0. The summed E-state index contributed by atoms with van der Waals surface area (Å²) in [5.41, 5.74) is 2.30. The van der Waals surface area contributed by atoms with E-state index in [0.29, 0.717) is 11.8 Å². The van der Waals surface area contributed by atoms with Crippen LogP contribution >= 0.6 is 0 Å². The molecule has 0 heterocycles. The summed E-state index contributed by atoms with van der Waals surface area (Å²) in [7, 11) is 0. The molecular formula is C14H18FNO3. The van der Waals surface area contributed by atoms with Crippen molar-refractivity contribution in [3.05, 3.63) is 34.9 Å². The normalized spacial score (nSPS) is 13.7. The van der Waals surface area contributed by atoms with Gasteiger partial charge >= 0.3 is 5.97 Å². The standard InChI is InChI=1S/C14H18FNO3/c1-9-3-10(2)5-11(4-9)14(18)19-8-13(17)6-12(15)7-16/h3-5,7,12-13,16-17H,6,8H2,1-2H3/t12-,13-/m0/s1. The molecule has 0 amide bonds. The number of carbonyl (C=O) groups is 1. The first-order chi connectivity index (χ1) is 8.92. The lowest BCUT2D eigenvalue weighted by molar-refractivity contribution is 0.0206. The Morgan fingerprint density at radius 1 is 1.42 bits per heavy atom. The molecule has 1 aromatic carbocycles. The first kappa shape index (κ1) is 15.3. The third-order valence-corrected chi connectivity index (χ3v) is 2.54. The fourth-order valence-electron chi connectivity index (χ4n) is 1.74. The predicted molar refractivity (Wildman–Crippen MR) is 70.5 cm³/mol. The van der Waals surface area contributed by atoms with Gasteiger partial charge in [0.05, 0.1) is 11.7 Å². The second-order valence-electron chi connectivity index (χ2n) is 4.55. The van der Waals surface area contributed by atoms with Crippen LogP contribution in [0.1, 0.15) is 27.9 Å². The van der Waals surface area contributed by atoms with Gasteiger partial charge in [-0.25, -0.2) is 9.18 Å². The molecule has 104 valence electrons. The molecule has 0 aliphatic rings. The first-order valence-electron chi connectivity index (χ1n) is 6.00. The molecule has 2 atom stereocenters. The first-order valence-corrected chi connectivity index (χ1v) is 6.00. The van der Waals surface area contributed by atoms with Gasteiger partial charge in [-0.1, -0.05) is 17.2 Å². The third kappa shape index (κ3) is 5.18. The Morgan fingerprint density at radius 3 is 2.53 bits per heavy atom. The van der Waals surface area contributed by atoms with Crippen molar-refractivity contribution in [2.45, 2.75) is 32.5 Å². The highest BCUT2D eigenvalue weighted by Gasteiger charge is 2.15. The van der Waals surface area contributed by atoms with Crippen LogP contribution in [0.4, 0.5) is 4.39 Å². The van der Waals surface area contributed by atoms with E-state index >= 15 is 0 Å². The molecule has 5 heteroatoms. The molecule has 0 aliphatic carbocycles. The number of aryl methyl sites for hydroxylation is 2. The van der Waals surface area contributed by atoms with Crippen molar-refractivity contribution >= 4 is 12.2 Å². The number of rotatable bonds is 6. The van der Waals surface area contributed by atoms with Gasteiger partial charge in [-0.15, -0.1) is 0 Å². The maximum absolute atomic E-state index is 12.8. The average Bonchev–Trinajstić information content (AvgIpc) is 2.34. The zero-order valence-electron chi connectivity index (χ0n) is 11.0. The van der Waals surface area contributed by atoms with E-state index in [2.05, 4.69) is 0 Å². The SMILES string of the molecule is Cc1cc(C)cc(C(=O)OC[C@@H](O)C[C@H](F)C=N)c1. The summed E-state index contributed by atoms with van der Waals surface area (Å²) in [5, 5.41) is 16.1. The molecular weight excluding hydrogens is 249 g/mol. The van der Waals surface area contributed by atoms with Crippen LogP contribution in [0, 0.1) is 19.3 Å².